The molecule has 4 heteroatoms. The number of rotatable bonds is 4. The fourth-order valence-electron chi connectivity index (χ4n) is 0.807. The van der Waals surface area contributed by atoms with Gasteiger partial charge in [-0.3, -0.25) is 4.79 Å². The van der Waals surface area contributed by atoms with E-state index in [9.17, 15) is 9.90 Å². The van der Waals surface area contributed by atoms with Gasteiger partial charge >= 0.3 is 0 Å². The van der Waals surface area contributed by atoms with Gasteiger partial charge in [-0.15, -0.1) is 0 Å². The van der Waals surface area contributed by atoms with Crippen molar-refractivity contribution in [3.63, 3.8) is 0 Å². The summed E-state index contributed by atoms with van der Waals surface area (Å²) in [6.07, 6.45) is 2.12. The lowest BCUT2D eigenvalue weighted by Crippen LogP contribution is -2.27. The zero-order valence-electron chi connectivity index (χ0n) is 8.23. The predicted molar refractivity (Wildman–Crippen MR) is 51.4 cm³/mol. The van der Waals surface area contributed by atoms with E-state index in [1.807, 2.05) is 0 Å². The molecule has 1 aromatic rings. The average molecular weight is 195 g/mol. The van der Waals surface area contributed by atoms with E-state index in [-0.39, 0.29) is 6.61 Å². The molecule has 0 atom stereocenters. The van der Waals surface area contributed by atoms with Crippen LogP contribution < -0.4 is 4.74 Å². The van der Waals surface area contributed by atoms with E-state index in [1.54, 1.807) is 26.0 Å². The number of pyridine rings is 1. The highest BCUT2D eigenvalue weighted by atomic mass is 16.5. The molecule has 1 heterocycles. The first-order chi connectivity index (χ1) is 6.51. The van der Waals surface area contributed by atoms with Crippen molar-refractivity contribution in [2.24, 2.45) is 0 Å². The van der Waals surface area contributed by atoms with E-state index in [0.717, 1.165) is 0 Å². The van der Waals surface area contributed by atoms with Crippen LogP contribution in [0.15, 0.2) is 18.3 Å². The van der Waals surface area contributed by atoms with Crippen molar-refractivity contribution in [2.45, 2.75) is 19.4 Å². The van der Waals surface area contributed by atoms with Gasteiger partial charge in [0.1, 0.15) is 18.1 Å². The lowest BCUT2D eigenvalue weighted by molar-refractivity contribution is 0.0283. The normalized spacial score (nSPS) is 11.1. The molecule has 1 N–H and O–H groups in total. The Balaban J connectivity index is 2.56. The molecule has 0 radical (unpaired) electrons. The minimum atomic E-state index is -0.872. The zero-order valence-corrected chi connectivity index (χ0v) is 8.23. The Labute approximate surface area is 82.5 Å². The summed E-state index contributed by atoms with van der Waals surface area (Å²) in [5.74, 6) is 0.540. The minimum absolute atomic E-state index is 0.190. The van der Waals surface area contributed by atoms with Gasteiger partial charge in [0.2, 0.25) is 0 Å². The third-order valence-electron chi connectivity index (χ3n) is 1.47. The maximum Gasteiger partial charge on any atom is 0.168 e. The number of nitrogens with zero attached hydrogens (tertiary/aromatic N) is 1. The summed E-state index contributed by atoms with van der Waals surface area (Å²) in [7, 11) is 0. The van der Waals surface area contributed by atoms with Crippen molar-refractivity contribution < 1.29 is 14.6 Å². The van der Waals surface area contributed by atoms with E-state index in [4.69, 9.17) is 4.74 Å². The molecule has 0 saturated heterocycles. The number of aliphatic hydroxyl groups is 1. The van der Waals surface area contributed by atoms with Gasteiger partial charge < -0.3 is 9.84 Å². The largest absolute Gasteiger partial charge is 0.489 e. The lowest BCUT2D eigenvalue weighted by atomic mass is 10.2. The Kier molecular flexibility index (Phi) is 3.19. The molecule has 76 valence electrons. The van der Waals surface area contributed by atoms with Crippen LogP contribution in [0, 0.1) is 0 Å². The van der Waals surface area contributed by atoms with Gasteiger partial charge in [0.25, 0.3) is 0 Å². The van der Waals surface area contributed by atoms with Gasteiger partial charge in [0.15, 0.2) is 6.29 Å². The summed E-state index contributed by atoms with van der Waals surface area (Å²) < 4.78 is 5.24. The summed E-state index contributed by atoms with van der Waals surface area (Å²) in [4.78, 5) is 14.1. The maximum absolute atomic E-state index is 10.3. The molecule has 0 aliphatic heterocycles. The van der Waals surface area contributed by atoms with Crippen LogP contribution in [0.2, 0.25) is 0 Å². The molecule has 1 aromatic heterocycles. The number of aldehydes is 1. The molecule has 4 nitrogen and oxygen atoms in total. The van der Waals surface area contributed by atoms with Crippen molar-refractivity contribution >= 4 is 6.29 Å². The number of ether oxygens (including phenoxy) is 1. The van der Waals surface area contributed by atoms with E-state index in [1.165, 1.54) is 6.20 Å². The second kappa shape index (κ2) is 4.19. The Morgan fingerprint density at radius 3 is 2.71 bits per heavy atom. The Bertz CT molecular complexity index is 300. The van der Waals surface area contributed by atoms with Crippen LogP contribution in [0.5, 0.6) is 5.75 Å². The Morgan fingerprint density at radius 1 is 1.57 bits per heavy atom. The van der Waals surface area contributed by atoms with Crippen LogP contribution in [0.1, 0.15) is 24.3 Å². The standard InChI is InChI=1S/C10H13NO3/c1-10(2,13)7-14-9-4-3-8(6-12)11-5-9/h3-6,13H,7H2,1-2H3. The summed E-state index contributed by atoms with van der Waals surface area (Å²) in [6.45, 7) is 3.50. The summed E-state index contributed by atoms with van der Waals surface area (Å²) >= 11 is 0. The first-order valence-electron chi connectivity index (χ1n) is 4.28. The number of carbonyl (C=O) groups is 1. The quantitative estimate of drug-likeness (QED) is 0.729. The topological polar surface area (TPSA) is 59.4 Å². The van der Waals surface area contributed by atoms with Gasteiger partial charge in [0.05, 0.1) is 11.8 Å². The predicted octanol–water partition coefficient (Wildman–Crippen LogP) is 1.04. The van der Waals surface area contributed by atoms with Crippen LogP contribution in [0.25, 0.3) is 0 Å². The molecule has 0 fully saturated rings. The van der Waals surface area contributed by atoms with E-state index < -0.39 is 5.60 Å². The smallest absolute Gasteiger partial charge is 0.168 e. The molecule has 14 heavy (non-hydrogen) atoms. The highest BCUT2D eigenvalue weighted by Crippen LogP contribution is 2.11. The van der Waals surface area contributed by atoms with E-state index >= 15 is 0 Å². The summed E-state index contributed by atoms with van der Waals surface area (Å²) in [5, 5.41) is 9.38. The van der Waals surface area contributed by atoms with Crippen LogP contribution in [0.4, 0.5) is 0 Å². The van der Waals surface area contributed by atoms with Crippen LogP contribution >= 0.6 is 0 Å². The third kappa shape index (κ3) is 3.53. The zero-order chi connectivity index (χ0) is 10.6. The van der Waals surface area contributed by atoms with Gasteiger partial charge in [-0.25, -0.2) is 4.98 Å². The molecule has 0 amide bonds. The molecule has 0 unspecified atom stereocenters. The molecule has 0 bridgehead atoms. The monoisotopic (exact) mass is 195 g/mol. The SMILES string of the molecule is CC(C)(O)COc1ccc(C=O)nc1. The molecule has 0 saturated carbocycles. The summed E-state index contributed by atoms with van der Waals surface area (Å²) in [5.41, 5.74) is -0.510. The number of aromatic nitrogens is 1. The van der Waals surface area contributed by atoms with Crippen LogP contribution in [-0.2, 0) is 0 Å². The molecular weight excluding hydrogens is 182 g/mol. The van der Waals surface area contributed by atoms with Crippen molar-refractivity contribution in [2.75, 3.05) is 6.61 Å². The molecule has 0 aromatic carbocycles. The number of hydrogen-bond donors (Lipinski definition) is 1. The summed E-state index contributed by atoms with van der Waals surface area (Å²) in [6, 6.07) is 3.20. The first-order valence-corrected chi connectivity index (χ1v) is 4.28. The van der Waals surface area contributed by atoms with E-state index in [2.05, 4.69) is 4.98 Å². The second-order valence-corrected chi connectivity index (χ2v) is 3.64. The van der Waals surface area contributed by atoms with E-state index in [0.29, 0.717) is 17.7 Å². The molecule has 0 spiro atoms. The minimum Gasteiger partial charge on any atom is -0.489 e. The van der Waals surface area contributed by atoms with Crippen LogP contribution in [0.3, 0.4) is 0 Å². The van der Waals surface area contributed by atoms with Crippen molar-refractivity contribution in [3.05, 3.63) is 24.0 Å². The molecule has 0 aliphatic rings. The Hall–Kier alpha value is -1.42. The highest BCUT2D eigenvalue weighted by molar-refractivity contribution is 5.71. The maximum atomic E-state index is 10.3. The van der Waals surface area contributed by atoms with Crippen molar-refractivity contribution in [1.82, 2.24) is 4.98 Å². The van der Waals surface area contributed by atoms with Crippen LogP contribution in [-0.4, -0.2) is 28.6 Å². The fourth-order valence-corrected chi connectivity index (χ4v) is 0.807. The van der Waals surface area contributed by atoms with Gasteiger partial charge in [0, 0.05) is 0 Å². The van der Waals surface area contributed by atoms with Gasteiger partial charge in [-0.1, -0.05) is 0 Å². The molecule has 0 aliphatic carbocycles. The number of hydrogen-bond acceptors (Lipinski definition) is 4. The highest BCUT2D eigenvalue weighted by Gasteiger charge is 2.13. The number of carbonyl (C=O) groups excluding carboxylic acids is 1. The van der Waals surface area contributed by atoms with Crippen molar-refractivity contribution in [3.8, 4) is 5.75 Å². The third-order valence-corrected chi connectivity index (χ3v) is 1.47. The van der Waals surface area contributed by atoms with Crippen molar-refractivity contribution in [1.29, 1.82) is 0 Å². The van der Waals surface area contributed by atoms with Gasteiger partial charge in [-0.05, 0) is 26.0 Å². The lowest BCUT2D eigenvalue weighted by Gasteiger charge is -2.17. The fraction of sp³-hybridized carbons (Fsp3) is 0.400. The first kappa shape index (κ1) is 10.7. The average Bonchev–Trinajstić information content (AvgIpc) is 2.14. The molecular formula is C10H13NO3. The van der Waals surface area contributed by atoms with Gasteiger partial charge in [-0.2, -0.15) is 0 Å². The molecule has 1 rings (SSSR count). The second-order valence-electron chi connectivity index (χ2n) is 3.64. The Morgan fingerprint density at radius 2 is 2.29 bits per heavy atom.